The quantitative estimate of drug-likeness (QED) is 0.246. The first kappa shape index (κ1) is 27.7. The molecule has 1 heterocycles. The van der Waals surface area contributed by atoms with Crippen LogP contribution in [0.4, 0.5) is 0 Å². The highest BCUT2D eigenvalue weighted by Gasteiger charge is 2.25. The summed E-state index contributed by atoms with van der Waals surface area (Å²) < 4.78 is 41.1. The van der Waals surface area contributed by atoms with Crippen LogP contribution in [0.2, 0.25) is 0 Å². The normalized spacial score (nSPS) is 16.0. The highest BCUT2D eigenvalue weighted by atomic mass is 32.2. The molecular weight excluding hydrogens is 480 g/mol. The van der Waals surface area contributed by atoms with E-state index in [0.29, 0.717) is 36.4 Å². The summed E-state index contributed by atoms with van der Waals surface area (Å²) in [4.78, 5) is 15.6. The lowest BCUT2D eigenvalue weighted by Gasteiger charge is -2.23. The Balaban J connectivity index is 1.65. The molecule has 8 nitrogen and oxygen atoms in total. The van der Waals surface area contributed by atoms with Gasteiger partial charge in [-0.3, -0.25) is 13.9 Å². The molecule has 9 heteroatoms. The molecule has 1 saturated heterocycles. The summed E-state index contributed by atoms with van der Waals surface area (Å²) in [5, 5.41) is 3.04. The molecule has 2 aromatic carbocycles. The van der Waals surface area contributed by atoms with Gasteiger partial charge >= 0.3 is 0 Å². The molecule has 1 fully saturated rings. The fraction of sp³-hybridized carbons (Fsp3) is 0.444. The minimum atomic E-state index is -3.83. The van der Waals surface area contributed by atoms with E-state index in [2.05, 4.69) is 16.8 Å². The number of methoxy groups -OCH3 is 2. The topological polar surface area (TPSA) is 94.2 Å². The van der Waals surface area contributed by atoms with E-state index in [1.54, 1.807) is 24.3 Å². The molecule has 0 bridgehead atoms. The fourth-order valence-electron chi connectivity index (χ4n) is 4.46. The molecule has 0 saturated carbocycles. The molecule has 0 aliphatic carbocycles. The Bertz CT molecular complexity index is 1160. The van der Waals surface area contributed by atoms with Crippen molar-refractivity contribution >= 4 is 16.0 Å². The molecule has 36 heavy (non-hydrogen) atoms. The number of carbonyl (C=O) groups excluding carboxylic acids is 1. The van der Waals surface area contributed by atoms with Crippen LogP contribution in [0.25, 0.3) is 0 Å². The average molecular weight is 517 g/mol. The van der Waals surface area contributed by atoms with Crippen LogP contribution >= 0.6 is 0 Å². The lowest BCUT2D eigenvalue weighted by Crippen LogP contribution is -2.40. The third-order valence-corrected chi connectivity index (χ3v) is 7.58. The van der Waals surface area contributed by atoms with Crippen LogP contribution in [-0.2, 0) is 20.7 Å². The first-order valence-electron chi connectivity index (χ1n) is 12.1. The van der Waals surface area contributed by atoms with Gasteiger partial charge in [-0.25, -0.2) is 0 Å². The van der Waals surface area contributed by atoms with Gasteiger partial charge in [-0.15, -0.1) is 6.58 Å². The molecule has 3 rings (SSSR count). The minimum Gasteiger partial charge on any atom is -0.493 e. The van der Waals surface area contributed by atoms with Gasteiger partial charge in [0.2, 0.25) is 0 Å². The maximum Gasteiger partial charge on any atom is 0.296 e. The Morgan fingerprint density at radius 2 is 2.03 bits per heavy atom. The number of hydrogen-bond acceptors (Lipinski definition) is 7. The van der Waals surface area contributed by atoms with Gasteiger partial charge in [0, 0.05) is 19.1 Å². The van der Waals surface area contributed by atoms with E-state index < -0.39 is 10.1 Å². The van der Waals surface area contributed by atoms with Crippen LogP contribution in [0.15, 0.2) is 53.9 Å². The Hall–Kier alpha value is -2.88. The van der Waals surface area contributed by atoms with Gasteiger partial charge in [-0.2, -0.15) is 8.42 Å². The number of carbonyl (C=O) groups is 1. The molecule has 2 aromatic rings. The van der Waals surface area contributed by atoms with Crippen molar-refractivity contribution in [2.24, 2.45) is 0 Å². The minimum absolute atomic E-state index is 0.0208. The maximum absolute atomic E-state index is 13.1. The number of ether oxygens (including phenoxy) is 2. The van der Waals surface area contributed by atoms with Crippen molar-refractivity contribution in [1.29, 1.82) is 0 Å². The van der Waals surface area contributed by atoms with Crippen molar-refractivity contribution in [3.63, 3.8) is 0 Å². The van der Waals surface area contributed by atoms with Crippen molar-refractivity contribution in [3.05, 3.63) is 65.7 Å². The number of aryl methyl sites for hydroxylation is 2. The zero-order chi connectivity index (χ0) is 26.1. The van der Waals surface area contributed by atoms with Crippen molar-refractivity contribution in [3.8, 4) is 11.5 Å². The lowest BCUT2D eigenvalue weighted by molar-refractivity contribution is 0.0938. The molecule has 1 amide bonds. The predicted octanol–water partition coefficient (Wildman–Crippen LogP) is 3.73. The zero-order valence-electron chi connectivity index (χ0n) is 21.3. The van der Waals surface area contributed by atoms with Crippen LogP contribution < -0.4 is 14.8 Å². The summed E-state index contributed by atoms with van der Waals surface area (Å²) in [7, 11) is -0.804. The molecular formula is C27H36N2O6S. The second kappa shape index (κ2) is 12.9. The van der Waals surface area contributed by atoms with Crippen LogP contribution in [-0.4, -0.2) is 65.7 Å². The summed E-state index contributed by atoms with van der Waals surface area (Å²) in [6.45, 7) is 8.00. The predicted molar refractivity (Wildman–Crippen MR) is 139 cm³/mol. The Morgan fingerprint density at radius 1 is 1.22 bits per heavy atom. The van der Waals surface area contributed by atoms with Crippen molar-refractivity contribution in [2.45, 2.75) is 43.5 Å². The second-order valence-electron chi connectivity index (χ2n) is 8.86. The van der Waals surface area contributed by atoms with E-state index >= 15 is 0 Å². The second-order valence-corrected chi connectivity index (χ2v) is 10.5. The van der Waals surface area contributed by atoms with Crippen LogP contribution in [0, 0.1) is 6.92 Å². The standard InChI is InChI=1S/C27H36N2O6S/c1-5-13-29-14-7-11-22(29)19-28-27(30)24-17-21(18-25(33-3)26(24)34-4)10-8-15-35-36(31,32)23-12-6-9-20(2)16-23/h5-6,9,12,16-18,22H,1,7-8,10-11,13-15,19H2,2-4H3,(H,28,30)/t22-/m0/s1. The number of amides is 1. The smallest absolute Gasteiger partial charge is 0.296 e. The van der Waals surface area contributed by atoms with Crippen molar-refractivity contribution in [2.75, 3.05) is 40.5 Å². The number of likely N-dealkylation sites (tertiary alicyclic amines) is 1. The molecule has 0 unspecified atom stereocenters. The van der Waals surface area contributed by atoms with Crippen LogP contribution in [0.1, 0.15) is 40.7 Å². The van der Waals surface area contributed by atoms with Crippen molar-refractivity contribution < 1.29 is 26.9 Å². The molecule has 1 aliphatic rings. The Morgan fingerprint density at radius 3 is 2.72 bits per heavy atom. The monoisotopic (exact) mass is 516 g/mol. The van der Waals surface area contributed by atoms with E-state index in [9.17, 15) is 13.2 Å². The van der Waals surface area contributed by atoms with Crippen LogP contribution in [0.3, 0.4) is 0 Å². The van der Waals surface area contributed by atoms with E-state index in [4.69, 9.17) is 13.7 Å². The van der Waals surface area contributed by atoms with Gasteiger partial charge < -0.3 is 14.8 Å². The number of hydrogen-bond donors (Lipinski definition) is 1. The molecule has 0 spiro atoms. The van der Waals surface area contributed by atoms with E-state index in [1.807, 2.05) is 19.1 Å². The molecule has 0 aromatic heterocycles. The molecule has 0 radical (unpaired) electrons. The van der Waals surface area contributed by atoms with Gasteiger partial charge in [0.15, 0.2) is 11.5 Å². The largest absolute Gasteiger partial charge is 0.493 e. The lowest BCUT2D eigenvalue weighted by atomic mass is 10.0. The zero-order valence-corrected chi connectivity index (χ0v) is 22.1. The van der Waals surface area contributed by atoms with Gasteiger partial charge in [-0.1, -0.05) is 18.2 Å². The molecule has 1 aliphatic heterocycles. The third-order valence-electron chi connectivity index (χ3n) is 6.27. The number of nitrogens with zero attached hydrogens (tertiary/aromatic N) is 1. The summed E-state index contributed by atoms with van der Waals surface area (Å²) in [5.41, 5.74) is 2.05. The third kappa shape index (κ3) is 7.09. The van der Waals surface area contributed by atoms with Gasteiger partial charge in [0.25, 0.3) is 16.0 Å². The number of benzene rings is 2. The maximum atomic E-state index is 13.1. The molecule has 196 valence electrons. The first-order chi connectivity index (χ1) is 17.3. The Labute approximate surface area is 214 Å². The van der Waals surface area contributed by atoms with Crippen molar-refractivity contribution in [1.82, 2.24) is 10.2 Å². The molecule has 1 N–H and O–H groups in total. The van der Waals surface area contributed by atoms with E-state index in [-0.39, 0.29) is 23.5 Å². The number of rotatable bonds is 13. The fourth-order valence-corrected chi connectivity index (χ4v) is 5.51. The average Bonchev–Trinajstić information content (AvgIpc) is 3.31. The first-order valence-corrected chi connectivity index (χ1v) is 13.5. The van der Waals surface area contributed by atoms with Gasteiger partial charge in [0.05, 0.1) is 31.3 Å². The number of nitrogens with one attached hydrogen (secondary N) is 1. The van der Waals surface area contributed by atoms with E-state index in [1.165, 1.54) is 20.3 Å². The molecule has 1 atom stereocenters. The van der Waals surface area contributed by atoms with Gasteiger partial charge in [-0.05, 0) is 74.5 Å². The summed E-state index contributed by atoms with van der Waals surface area (Å²) >= 11 is 0. The highest BCUT2D eigenvalue weighted by molar-refractivity contribution is 7.86. The van der Waals surface area contributed by atoms with Gasteiger partial charge in [0.1, 0.15) is 0 Å². The summed E-state index contributed by atoms with van der Waals surface area (Å²) in [6.07, 6.45) is 4.95. The summed E-state index contributed by atoms with van der Waals surface area (Å²) in [6, 6.07) is 10.5. The summed E-state index contributed by atoms with van der Waals surface area (Å²) in [5.74, 6) is 0.574. The van der Waals surface area contributed by atoms with E-state index in [0.717, 1.165) is 37.1 Å². The van der Waals surface area contributed by atoms with Crippen LogP contribution in [0.5, 0.6) is 11.5 Å². The SMILES string of the molecule is C=CCN1CCC[C@H]1CNC(=O)c1cc(CCCOS(=O)(=O)c2cccc(C)c2)cc(OC)c1OC. The highest BCUT2D eigenvalue weighted by Crippen LogP contribution is 2.33. The Kier molecular flexibility index (Phi) is 9.92.